The standard InChI is InChI=1S/C14H16N2O3S2/c1-2-9(14(18)19)7-15-12(17)6-10-8-21-13(16-10)11-4-3-5-20-11/h3-5,8-9H,2,6-7H2,1H3,(H,15,17)(H,18,19). The molecule has 0 fully saturated rings. The predicted octanol–water partition coefficient (Wildman–Crippen LogP) is 2.64. The van der Waals surface area contributed by atoms with Gasteiger partial charge in [-0.25, -0.2) is 4.98 Å². The van der Waals surface area contributed by atoms with E-state index in [1.165, 1.54) is 11.3 Å². The molecule has 2 aromatic heterocycles. The smallest absolute Gasteiger partial charge is 0.308 e. The number of carboxylic acid groups (broad SMARTS) is 1. The third-order valence-corrected chi connectivity index (χ3v) is 4.94. The van der Waals surface area contributed by atoms with Crippen LogP contribution in [0.15, 0.2) is 22.9 Å². The molecule has 21 heavy (non-hydrogen) atoms. The zero-order valence-corrected chi connectivity index (χ0v) is 13.2. The van der Waals surface area contributed by atoms with E-state index in [0.29, 0.717) is 12.1 Å². The van der Waals surface area contributed by atoms with Crippen molar-refractivity contribution >= 4 is 34.6 Å². The quantitative estimate of drug-likeness (QED) is 0.820. The molecule has 2 aromatic rings. The predicted molar refractivity (Wildman–Crippen MR) is 83.6 cm³/mol. The summed E-state index contributed by atoms with van der Waals surface area (Å²) < 4.78 is 0. The molecule has 2 rings (SSSR count). The van der Waals surface area contributed by atoms with Gasteiger partial charge in [-0.05, 0) is 17.9 Å². The van der Waals surface area contributed by atoms with Crippen molar-refractivity contribution in [2.75, 3.05) is 6.54 Å². The highest BCUT2D eigenvalue weighted by Crippen LogP contribution is 2.27. The Hall–Kier alpha value is -1.73. The van der Waals surface area contributed by atoms with E-state index in [1.807, 2.05) is 22.9 Å². The van der Waals surface area contributed by atoms with Crippen LogP contribution in [-0.4, -0.2) is 28.5 Å². The number of thiophene rings is 1. The first-order valence-electron chi connectivity index (χ1n) is 6.58. The van der Waals surface area contributed by atoms with E-state index in [-0.39, 0.29) is 18.9 Å². The van der Waals surface area contributed by atoms with Crippen molar-refractivity contribution in [2.45, 2.75) is 19.8 Å². The first-order valence-corrected chi connectivity index (χ1v) is 8.33. The number of nitrogens with zero attached hydrogens (tertiary/aromatic N) is 1. The number of carbonyl (C=O) groups is 2. The number of hydrogen-bond donors (Lipinski definition) is 2. The fraction of sp³-hybridized carbons (Fsp3) is 0.357. The van der Waals surface area contributed by atoms with Gasteiger partial charge in [-0.2, -0.15) is 0 Å². The third kappa shape index (κ3) is 4.37. The van der Waals surface area contributed by atoms with Gasteiger partial charge in [0.25, 0.3) is 0 Å². The molecular formula is C14H16N2O3S2. The average molecular weight is 324 g/mol. The summed E-state index contributed by atoms with van der Waals surface area (Å²) >= 11 is 3.12. The van der Waals surface area contributed by atoms with E-state index in [1.54, 1.807) is 18.3 Å². The summed E-state index contributed by atoms with van der Waals surface area (Å²) in [4.78, 5) is 28.2. The van der Waals surface area contributed by atoms with Crippen LogP contribution in [0.2, 0.25) is 0 Å². The Balaban J connectivity index is 1.87. The van der Waals surface area contributed by atoms with E-state index < -0.39 is 11.9 Å². The van der Waals surface area contributed by atoms with Gasteiger partial charge in [0.1, 0.15) is 5.01 Å². The normalized spacial score (nSPS) is 12.0. The van der Waals surface area contributed by atoms with Gasteiger partial charge in [0.15, 0.2) is 0 Å². The van der Waals surface area contributed by atoms with Crippen molar-refractivity contribution < 1.29 is 14.7 Å². The zero-order valence-electron chi connectivity index (χ0n) is 11.5. The number of nitrogens with one attached hydrogen (secondary N) is 1. The minimum Gasteiger partial charge on any atom is -0.481 e. The molecule has 2 heterocycles. The van der Waals surface area contributed by atoms with E-state index in [9.17, 15) is 9.59 Å². The number of amides is 1. The molecule has 1 unspecified atom stereocenters. The molecule has 0 aliphatic rings. The Labute approximate surface area is 130 Å². The molecule has 0 aliphatic carbocycles. The minimum atomic E-state index is -0.883. The van der Waals surface area contributed by atoms with Gasteiger partial charge in [-0.15, -0.1) is 22.7 Å². The van der Waals surface area contributed by atoms with Gasteiger partial charge in [0, 0.05) is 11.9 Å². The van der Waals surface area contributed by atoms with Crippen LogP contribution in [0.25, 0.3) is 9.88 Å². The minimum absolute atomic E-state index is 0.159. The van der Waals surface area contributed by atoms with Crippen molar-refractivity contribution in [3.8, 4) is 9.88 Å². The molecule has 1 amide bonds. The van der Waals surface area contributed by atoms with Crippen LogP contribution >= 0.6 is 22.7 Å². The maximum Gasteiger partial charge on any atom is 0.308 e. The Bertz CT molecular complexity index is 608. The monoisotopic (exact) mass is 324 g/mol. The van der Waals surface area contributed by atoms with Crippen molar-refractivity contribution in [3.05, 3.63) is 28.6 Å². The molecule has 0 saturated carbocycles. The first kappa shape index (κ1) is 15.7. The van der Waals surface area contributed by atoms with Gasteiger partial charge in [0.05, 0.1) is 22.9 Å². The molecule has 0 radical (unpaired) electrons. The van der Waals surface area contributed by atoms with Gasteiger partial charge >= 0.3 is 5.97 Å². The molecule has 0 saturated heterocycles. The highest BCUT2D eigenvalue weighted by atomic mass is 32.1. The lowest BCUT2D eigenvalue weighted by atomic mass is 10.1. The van der Waals surface area contributed by atoms with Crippen LogP contribution in [0.5, 0.6) is 0 Å². The molecule has 2 N–H and O–H groups in total. The van der Waals surface area contributed by atoms with Crippen LogP contribution in [0, 0.1) is 5.92 Å². The van der Waals surface area contributed by atoms with Crippen LogP contribution in [0.4, 0.5) is 0 Å². The maximum atomic E-state index is 11.8. The molecule has 0 aliphatic heterocycles. The van der Waals surface area contributed by atoms with E-state index in [0.717, 1.165) is 9.88 Å². The molecular weight excluding hydrogens is 308 g/mol. The summed E-state index contributed by atoms with van der Waals surface area (Å²) in [7, 11) is 0. The van der Waals surface area contributed by atoms with Gasteiger partial charge in [0.2, 0.25) is 5.91 Å². The molecule has 0 spiro atoms. The second kappa shape index (κ2) is 7.33. The Morgan fingerprint density at radius 1 is 1.43 bits per heavy atom. The number of thiazole rings is 1. The van der Waals surface area contributed by atoms with E-state index in [2.05, 4.69) is 10.3 Å². The van der Waals surface area contributed by atoms with Crippen LogP contribution < -0.4 is 5.32 Å². The SMILES string of the molecule is CCC(CNC(=O)Cc1csc(-c2cccs2)n1)C(=O)O. The Kier molecular flexibility index (Phi) is 5.46. The number of carbonyl (C=O) groups excluding carboxylic acids is 1. The summed E-state index contributed by atoms with van der Waals surface area (Å²) in [5.41, 5.74) is 0.712. The first-order chi connectivity index (χ1) is 10.1. The van der Waals surface area contributed by atoms with Crippen molar-refractivity contribution in [1.29, 1.82) is 0 Å². The zero-order chi connectivity index (χ0) is 15.2. The van der Waals surface area contributed by atoms with Crippen molar-refractivity contribution in [1.82, 2.24) is 10.3 Å². The number of aromatic nitrogens is 1. The summed E-state index contributed by atoms with van der Waals surface area (Å²) in [5, 5.41) is 16.3. The molecule has 112 valence electrons. The fourth-order valence-electron chi connectivity index (χ4n) is 1.77. The third-order valence-electron chi connectivity index (χ3n) is 3.01. The summed E-state index contributed by atoms with van der Waals surface area (Å²) in [5.74, 6) is -1.62. The van der Waals surface area contributed by atoms with Crippen LogP contribution in [-0.2, 0) is 16.0 Å². The lowest BCUT2D eigenvalue weighted by Crippen LogP contribution is -2.33. The second-order valence-electron chi connectivity index (χ2n) is 4.55. The lowest BCUT2D eigenvalue weighted by molar-refractivity contribution is -0.141. The van der Waals surface area contributed by atoms with Crippen molar-refractivity contribution in [2.24, 2.45) is 5.92 Å². The molecule has 0 bridgehead atoms. The van der Waals surface area contributed by atoms with E-state index in [4.69, 9.17) is 5.11 Å². The maximum absolute atomic E-state index is 11.8. The topological polar surface area (TPSA) is 79.3 Å². The lowest BCUT2D eigenvalue weighted by Gasteiger charge is -2.10. The fourth-order valence-corrected chi connectivity index (χ4v) is 3.41. The van der Waals surface area contributed by atoms with E-state index >= 15 is 0 Å². The number of carboxylic acids is 1. The Morgan fingerprint density at radius 2 is 2.24 bits per heavy atom. The molecule has 7 heteroatoms. The molecule has 5 nitrogen and oxygen atoms in total. The van der Waals surface area contributed by atoms with Crippen LogP contribution in [0.3, 0.4) is 0 Å². The summed E-state index contributed by atoms with van der Waals surface area (Å²) in [6, 6.07) is 3.95. The summed E-state index contributed by atoms with van der Waals surface area (Å²) in [6.07, 6.45) is 0.673. The number of hydrogen-bond acceptors (Lipinski definition) is 5. The van der Waals surface area contributed by atoms with Crippen molar-refractivity contribution in [3.63, 3.8) is 0 Å². The highest BCUT2D eigenvalue weighted by molar-refractivity contribution is 7.20. The molecule has 0 aromatic carbocycles. The second-order valence-corrected chi connectivity index (χ2v) is 6.35. The largest absolute Gasteiger partial charge is 0.481 e. The van der Waals surface area contributed by atoms with Crippen LogP contribution in [0.1, 0.15) is 19.0 Å². The average Bonchev–Trinajstić information content (AvgIpc) is 3.09. The van der Waals surface area contributed by atoms with Gasteiger partial charge < -0.3 is 10.4 Å². The number of rotatable bonds is 7. The highest BCUT2D eigenvalue weighted by Gasteiger charge is 2.16. The van der Waals surface area contributed by atoms with Gasteiger partial charge in [-0.1, -0.05) is 13.0 Å². The van der Waals surface area contributed by atoms with Gasteiger partial charge in [-0.3, -0.25) is 9.59 Å². The number of aliphatic carboxylic acids is 1. The summed E-state index contributed by atoms with van der Waals surface area (Å²) in [6.45, 7) is 1.95. The Morgan fingerprint density at radius 3 is 2.86 bits per heavy atom. The molecule has 1 atom stereocenters.